The summed E-state index contributed by atoms with van der Waals surface area (Å²) in [5, 5.41) is 0. The normalized spacial score (nSPS) is 30.2. The van der Waals surface area contributed by atoms with Gasteiger partial charge in [-0.25, -0.2) is 4.98 Å². The molecule has 1 heterocycles. The van der Waals surface area contributed by atoms with Gasteiger partial charge in [-0.3, -0.25) is 0 Å². The van der Waals surface area contributed by atoms with Crippen molar-refractivity contribution >= 4 is 32.9 Å². The summed E-state index contributed by atoms with van der Waals surface area (Å²) in [6.45, 7) is 2.32. The molecular formula is C16H20BrN3. The summed E-state index contributed by atoms with van der Waals surface area (Å²) in [6, 6.07) is 6.71. The van der Waals surface area contributed by atoms with Gasteiger partial charge < -0.3 is 10.3 Å². The highest BCUT2D eigenvalue weighted by atomic mass is 79.9. The standard InChI is InChI=1S/C16H20BrN3/c1-9(13-7-10-2-3-11(13)6-10)20-15-5-4-12(17)8-14(15)19-16(20)18/h4-5,8-11,13H,2-3,6-7H2,1H3,(H2,18,19). The molecule has 4 atom stereocenters. The number of rotatable bonds is 2. The zero-order chi connectivity index (χ0) is 13.9. The van der Waals surface area contributed by atoms with Crippen LogP contribution in [0.3, 0.4) is 0 Å². The van der Waals surface area contributed by atoms with E-state index in [9.17, 15) is 0 Å². The molecule has 4 unspecified atom stereocenters. The highest BCUT2D eigenvalue weighted by molar-refractivity contribution is 9.10. The van der Waals surface area contributed by atoms with Crippen molar-refractivity contribution in [1.29, 1.82) is 0 Å². The van der Waals surface area contributed by atoms with Crippen LogP contribution in [-0.2, 0) is 0 Å². The van der Waals surface area contributed by atoms with E-state index in [-0.39, 0.29) is 0 Å². The van der Waals surface area contributed by atoms with Crippen LogP contribution in [0.4, 0.5) is 5.95 Å². The highest BCUT2D eigenvalue weighted by Gasteiger charge is 2.42. The summed E-state index contributed by atoms with van der Waals surface area (Å²) in [4.78, 5) is 4.54. The van der Waals surface area contributed by atoms with Crippen molar-refractivity contribution in [2.24, 2.45) is 17.8 Å². The predicted molar refractivity (Wildman–Crippen MR) is 85.5 cm³/mol. The Kier molecular flexibility index (Phi) is 2.85. The number of fused-ring (bicyclic) bond motifs is 3. The Hall–Kier alpha value is -1.03. The largest absolute Gasteiger partial charge is 0.369 e. The van der Waals surface area contributed by atoms with E-state index in [0.717, 1.165) is 27.7 Å². The molecule has 3 nitrogen and oxygen atoms in total. The fraction of sp³-hybridized carbons (Fsp3) is 0.562. The quantitative estimate of drug-likeness (QED) is 0.886. The maximum Gasteiger partial charge on any atom is 0.201 e. The van der Waals surface area contributed by atoms with E-state index in [0.29, 0.717) is 12.0 Å². The first-order valence-electron chi connectivity index (χ1n) is 7.56. The second-order valence-electron chi connectivity index (χ2n) is 6.55. The van der Waals surface area contributed by atoms with Crippen molar-refractivity contribution < 1.29 is 0 Å². The van der Waals surface area contributed by atoms with Crippen LogP contribution in [0.5, 0.6) is 0 Å². The Morgan fingerprint density at radius 2 is 2.20 bits per heavy atom. The maximum absolute atomic E-state index is 6.21. The van der Waals surface area contributed by atoms with Crippen LogP contribution < -0.4 is 5.73 Å². The fourth-order valence-electron chi connectivity index (χ4n) is 4.59. The average molecular weight is 334 g/mol. The van der Waals surface area contributed by atoms with Crippen LogP contribution in [0.25, 0.3) is 11.0 Å². The molecule has 20 heavy (non-hydrogen) atoms. The molecule has 2 aromatic rings. The minimum Gasteiger partial charge on any atom is -0.369 e. The van der Waals surface area contributed by atoms with E-state index in [1.165, 1.54) is 31.2 Å². The molecule has 2 aliphatic rings. The van der Waals surface area contributed by atoms with Crippen molar-refractivity contribution in [2.45, 2.75) is 38.6 Å². The Morgan fingerprint density at radius 1 is 1.35 bits per heavy atom. The molecule has 0 saturated heterocycles. The van der Waals surface area contributed by atoms with Gasteiger partial charge in [0.05, 0.1) is 11.0 Å². The summed E-state index contributed by atoms with van der Waals surface area (Å²) in [5.41, 5.74) is 8.37. The summed E-state index contributed by atoms with van der Waals surface area (Å²) < 4.78 is 3.31. The van der Waals surface area contributed by atoms with E-state index >= 15 is 0 Å². The number of nitrogen functional groups attached to an aromatic ring is 1. The topological polar surface area (TPSA) is 43.8 Å². The second kappa shape index (κ2) is 4.48. The molecule has 2 fully saturated rings. The predicted octanol–water partition coefficient (Wildman–Crippen LogP) is 4.38. The van der Waals surface area contributed by atoms with Gasteiger partial charge in [-0.1, -0.05) is 22.4 Å². The first-order valence-corrected chi connectivity index (χ1v) is 8.35. The van der Waals surface area contributed by atoms with Crippen molar-refractivity contribution in [3.05, 3.63) is 22.7 Å². The lowest BCUT2D eigenvalue weighted by molar-refractivity contribution is 0.248. The number of anilines is 1. The number of halogens is 1. The number of hydrogen-bond acceptors (Lipinski definition) is 2. The number of benzene rings is 1. The summed E-state index contributed by atoms with van der Waals surface area (Å²) in [7, 11) is 0. The lowest BCUT2D eigenvalue weighted by atomic mass is 9.84. The average Bonchev–Trinajstić information content (AvgIpc) is 3.10. The number of aromatic nitrogens is 2. The van der Waals surface area contributed by atoms with Crippen LogP contribution in [0.15, 0.2) is 22.7 Å². The lowest BCUT2D eigenvalue weighted by Gasteiger charge is -2.29. The summed E-state index contributed by atoms with van der Waals surface area (Å²) >= 11 is 3.51. The van der Waals surface area contributed by atoms with Gasteiger partial charge in [0.1, 0.15) is 0 Å². The molecule has 1 aromatic heterocycles. The number of hydrogen-bond donors (Lipinski definition) is 1. The van der Waals surface area contributed by atoms with E-state index in [2.05, 4.69) is 50.6 Å². The molecule has 2 aliphatic carbocycles. The SMILES string of the molecule is CC(C1CC2CCC1C2)n1c(N)nc2cc(Br)ccc21. The number of nitrogens with two attached hydrogens (primary N) is 1. The monoisotopic (exact) mass is 333 g/mol. The molecule has 4 heteroatoms. The van der Waals surface area contributed by atoms with E-state index in [1.807, 2.05) is 0 Å². The molecule has 0 aliphatic heterocycles. The van der Waals surface area contributed by atoms with Crippen molar-refractivity contribution in [3.8, 4) is 0 Å². The first kappa shape index (κ1) is 12.7. The van der Waals surface area contributed by atoms with Gasteiger partial charge in [0.25, 0.3) is 0 Å². The number of imidazole rings is 1. The third-order valence-corrected chi connectivity index (χ3v) is 5.99. The van der Waals surface area contributed by atoms with Gasteiger partial charge in [0.2, 0.25) is 5.95 Å². The molecule has 2 saturated carbocycles. The third kappa shape index (κ3) is 1.80. The summed E-state index contributed by atoms with van der Waals surface area (Å²) in [5.74, 6) is 3.31. The molecule has 1 aromatic carbocycles. The molecular weight excluding hydrogens is 314 g/mol. The van der Waals surface area contributed by atoms with Crippen LogP contribution in [0, 0.1) is 17.8 Å². The molecule has 0 amide bonds. The molecule has 0 spiro atoms. The Morgan fingerprint density at radius 3 is 2.90 bits per heavy atom. The van der Waals surface area contributed by atoms with Crippen molar-refractivity contribution in [2.75, 3.05) is 5.73 Å². The minimum atomic E-state index is 0.455. The highest BCUT2D eigenvalue weighted by Crippen LogP contribution is 2.52. The zero-order valence-electron chi connectivity index (χ0n) is 11.7. The zero-order valence-corrected chi connectivity index (χ0v) is 13.3. The minimum absolute atomic E-state index is 0.455. The van der Waals surface area contributed by atoms with Crippen LogP contribution in [-0.4, -0.2) is 9.55 Å². The first-order chi connectivity index (χ1) is 9.63. The second-order valence-corrected chi connectivity index (χ2v) is 7.47. The fourth-order valence-corrected chi connectivity index (χ4v) is 4.94. The van der Waals surface area contributed by atoms with Crippen molar-refractivity contribution in [3.63, 3.8) is 0 Å². The molecule has 0 radical (unpaired) electrons. The van der Waals surface area contributed by atoms with Crippen molar-refractivity contribution in [1.82, 2.24) is 9.55 Å². The molecule has 2 N–H and O–H groups in total. The van der Waals surface area contributed by atoms with Gasteiger partial charge >= 0.3 is 0 Å². The van der Waals surface area contributed by atoms with Crippen LogP contribution in [0.1, 0.15) is 38.6 Å². The maximum atomic E-state index is 6.21. The molecule has 4 rings (SSSR count). The van der Waals surface area contributed by atoms with Gasteiger partial charge in [0, 0.05) is 10.5 Å². The van der Waals surface area contributed by atoms with Gasteiger partial charge in [-0.15, -0.1) is 0 Å². The van der Waals surface area contributed by atoms with Gasteiger partial charge in [-0.05, 0) is 62.1 Å². The van der Waals surface area contributed by atoms with E-state index in [1.54, 1.807) is 0 Å². The molecule has 2 bridgehead atoms. The lowest BCUT2D eigenvalue weighted by Crippen LogP contribution is -2.23. The Labute approximate surface area is 127 Å². The third-order valence-electron chi connectivity index (χ3n) is 5.50. The molecule has 106 valence electrons. The number of nitrogens with zero attached hydrogens (tertiary/aromatic N) is 2. The Balaban J connectivity index is 1.76. The van der Waals surface area contributed by atoms with E-state index < -0.39 is 0 Å². The Bertz CT molecular complexity index is 663. The smallest absolute Gasteiger partial charge is 0.201 e. The van der Waals surface area contributed by atoms with Gasteiger partial charge in [0.15, 0.2) is 0 Å². The van der Waals surface area contributed by atoms with E-state index in [4.69, 9.17) is 5.73 Å². The van der Waals surface area contributed by atoms with Crippen LogP contribution >= 0.6 is 15.9 Å². The summed E-state index contributed by atoms with van der Waals surface area (Å²) in [6.07, 6.45) is 5.67. The van der Waals surface area contributed by atoms with Gasteiger partial charge in [-0.2, -0.15) is 0 Å². The van der Waals surface area contributed by atoms with Crippen LogP contribution in [0.2, 0.25) is 0 Å².